The van der Waals surface area contributed by atoms with Crippen LogP contribution in [-0.2, 0) is 6.61 Å². The van der Waals surface area contributed by atoms with Gasteiger partial charge < -0.3 is 13.9 Å². The summed E-state index contributed by atoms with van der Waals surface area (Å²) in [6, 6.07) is 23.1. The van der Waals surface area contributed by atoms with E-state index in [1.165, 1.54) is 23.5 Å². The highest BCUT2D eigenvalue weighted by Crippen LogP contribution is 2.28. The Kier molecular flexibility index (Phi) is 6.40. The molecule has 0 saturated carbocycles. The minimum Gasteiger partial charge on any atom is -0.485 e. The van der Waals surface area contributed by atoms with Crippen LogP contribution in [0, 0.1) is 0 Å². The number of nitrogens with zero attached hydrogens (tertiary/aromatic N) is 1. The number of ether oxygens (including phenoxy) is 2. The first-order valence-electron chi connectivity index (χ1n) is 10.6. The molecule has 0 radical (unpaired) electrons. The van der Waals surface area contributed by atoms with Crippen LogP contribution in [0.3, 0.4) is 0 Å². The molecule has 3 aromatic carbocycles. The molecule has 5 aromatic rings. The average Bonchev–Trinajstić information content (AvgIpc) is 3.53. The first-order chi connectivity index (χ1) is 17.0. The number of thiazole rings is 1. The number of halogens is 2. The van der Waals surface area contributed by atoms with Crippen molar-refractivity contribution in [3.05, 3.63) is 95.8 Å². The van der Waals surface area contributed by atoms with Gasteiger partial charge in [-0.3, -0.25) is 10.1 Å². The van der Waals surface area contributed by atoms with Gasteiger partial charge in [0, 0.05) is 16.3 Å². The predicted octanol–water partition coefficient (Wildman–Crippen LogP) is 6.99. The van der Waals surface area contributed by atoms with Gasteiger partial charge >= 0.3 is 6.61 Å². The van der Waals surface area contributed by atoms with Crippen LogP contribution in [-0.4, -0.2) is 17.5 Å². The van der Waals surface area contributed by atoms with Crippen molar-refractivity contribution in [1.29, 1.82) is 0 Å². The Morgan fingerprint density at radius 3 is 2.63 bits per heavy atom. The molecule has 0 aliphatic carbocycles. The molecule has 0 atom stereocenters. The number of carbonyl (C=O) groups is 1. The molecule has 6 nitrogen and oxygen atoms in total. The van der Waals surface area contributed by atoms with Gasteiger partial charge in [0.15, 0.2) is 10.9 Å². The summed E-state index contributed by atoms with van der Waals surface area (Å²) in [5.74, 6) is 0.990. The molecule has 2 aromatic heterocycles. The normalized spacial score (nSPS) is 11.1. The number of aromatic nitrogens is 1. The summed E-state index contributed by atoms with van der Waals surface area (Å²) >= 11 is 1.24. The third-order valence-corrected chi connectivity index (χ3v) is 5.86. The minimum atomic E-state index is -2.88. The third-order valence-electron chi connectivity index (χ3n) is 5.10. The number of carbonyl (C=O) groups excluding carboxylic acids is 1. The highest BCUT2D eigenvalue weighted by molar-refractivity contribution is 7.14. The van der Waals surface area contributed by atoms with Crippen molar-refractivity contribution in [2.45, 2.75) is 13.2 Å². The Labute approximate surface area is 202 Å². The Morgan fingerprint density at radius 1 is 1.00 bits per heavy atom. The van der Waals surface area contributed by atoms with E-state index in [-0.39, 0.29) is 18.1 Å². The first-order valence-corrected chi connectivity index (χ1v) is 11.4. The number of rotatable bonds is 8. The number of nitrogens with one attached hydrogen (secondary N) is 1. The molecule has 1 N–H and O–H groups in total. The number of amides is 1. The summed E-state index contributed by atoms with van der Waals surface area (Å²) in [5.41, 5.74) is 1.30. The molecular weight excluding hydrogens is 474 g/mol. The Morgan fingerprint density at radius 2 is 1.80 bits per heavy atom. The molecule has 176 valence electrons. The molecule has 5 rings (SSSR count). The lowest BCUT2D eigenvalue weighted by Crippen LogP contribution is -2.10. The molecule has 9 heteroatoms. The van der Waals surface area contributed by atoms with E-state index in [9.17, 15) is 13.6 Å². The van der Waals surface area contributed by atoms with Gasteiger partial charge in [-0.1, -0.05) is 36.4 Å². The number of benzene rings is 3. The zero-order valence-corrected chi connectivity index (χ0v) is 18.9. The highest BCUT2D eigenvalue weighted by Gasteiger charge is 2.15. The summed E-state index contributed by atoms with van der Waals surface area (Å²) in [6.07, 6.45) is 0. The number of fused-ring (bicyclic) bond motifs is 1. The lowest BCUT2D eigenvalue weighted by atomic mass is 10.1. The van der Waals surface area contributed by atoms with Gasteiger partial charge in [0.05, 0.1) is 5.69 Å². The fraction of sp³-hybridized carbons (Fsp3) is 0.0769. The van der Waals surface area contributed by atoms with Gasteiger partial charge in [0.2, 0.25) is 0 Å². The maximum Gasteiger partial charge on any atom is 0.387 e. The molecule has 35 heavy (non-hydrogen) atoms. The van der Waals surface area contributed by atoms with Crippen molar-refractivity contribution < 1.29 is 27.5 Å². The van der Waals surface area contributed by atoms with Gasteiger partial charge in [-0.2, -0.15) is 8.78 Å². The smallest absolute Gasteiger partial charge is 0.387 e. The van der Waals surface area contributed by atoms with E-state index in [4.69, 9.17) is 9.15 Å². The molecule has 0 aliphatic rings. The lowest BCUT2D eigenvalue weighted by Gasteiger charge is -2.07. The monoisotopic (exact) mass is 492 g/mol. The Bertz CT molecular complexity index is 1460. The van der Waals surface area contributed by atoms with Crippen LogP contribution in [0.2, 0.25) is 0 Å². The molecule has 0 spiro atoms. The van der Waals surface area contributed by atoms with Gasteiger partial charge in [-0.25, -0.2) is 4.98 Å². The molecule has 0 saturated heterocycles. The molecule has 0 fully saturated rings. The quantitative estimate of drug-likeness (QED) is 0.253. The van der Waals surface area contributed by atoms with Crippen molar-refractivity contribution in [3.8, 4) is 22.8 Å². The van der Waals surface area contributed by atoms with E-state index in [1.54, 1.807) is 29.6 Å². The van der Waals surface area contributed by atoms with Gasteiger partial charge in [0.25, 0.3) is 5.91 Å². The number of alkyl halides is 2. The zero-order chi connectivity index (χ0) is 24.2. The predicted molar refractivity (Wildman–Crippen MR) is 129 cm³/mol. The molecule has 0 aliphatic heterocycles. The fourth-order valence-corrected chi connectivity index (χ4v) is 4.19. The van der Waals surface area contributed by atoms with Crippen molar-refractivity contribution in [1.82, 2.24) is 4.98 Å². The van der Waals surface area contributed by atoms with Crippen LogP contribution >= 0.6 is 11.3 Å². The summed E-state index contributed by atoms with van der Waals surface area (Å²) in [7, 11) is 0. The number of hydrogen-bond donors (Lipinski definition) is 1. The van der Waals surface area contributed by atoms with Crippen LogP contribution in [0.4, 0.5) is 13.9 Å². The molecule has 0 unspecified atom stereocenters. The summed E-state index contributed by atoms with van der Waals surface area (Å²) < 4.78 is 40.5. The minimum absolute atomic E-state index is 0.0607. The fourth-order valence-electron chi connectivity index (χ4n) is 3.48. The van der Waals surface area contributed by atoms with Crippen molar-refractivity contribution in [3.63, 3.8) is 0 Å². The number of furan rings is 1. The Balaban J connectivity index is 1.20. The Hall–Kier alpha value is -4.24. The lowest BCUT2D eigenvalue weighted by molar-refractivity contribution is -0.0498. The van der Waals surface area contributed by atoms with E-state index >= 15 is 0 Å². The van der Waals surface area contributed by atoms with E-state index in [0.717, 1.165) is 16.5 Å². The van der Waals surface area contributed by atoms with Crippen molar-refractivity contribution >= 4 is 33.1 Å². The first kappa shape index (κ1) is 22.5. The average molecular weight is 493 g/mol. The second-order valence-corrected chi connectivity index (χ2v) is 8.28. The second kappa shape index (κ2) is 9.94. The summed E-state index contributed by atoms with van der Waals surface area (Å²) in [5, 5.41) is 6.91. The van der Waals surface area contributed by atoms with Gasteiger partial charge in [0.1, 0.15) is 23.9 Å². The van der Waals surface area contributed by atoms with Crippen LogP contribution in [0.5, 0.6) is 11.5 Å². The van der Waals surface area contributed by atoms with E-state index in [0.29, 0.717) is 22.1 Å². The second-order valence-electron chi connectivity index (χ2n) is 7.43. The standard InChI is InChI=1S/C26H18F2N2O4S/c27-25(28)34-18-10-8-17(9-11-18)21-15-35-26(29-21)30-24(31)23-13-12-19(33-23)14-32-22-7-3-5-16-4-1-2-6-20(16)22/h1-13,15,25H,14H2,(H,29,30,31). The molecular formula is C26H18F2N2O4S. The van der Waals surface area contributed by atoms with Crippen LogP contribution in [0.25, 0.3) is 22.0 Å². The largest absolute Gasteiger partial charge is 0.485 e. The van der Waals surface area contributed by atoms with Gasteiger partial charge in [-0.05, 0) is 47.9 Å². The third kappa shape index (κ3) is 5.30. The van der Waals surface area contributed by atoms with E-state index < -0.39 is 12.5 Å². The van der Waals surface area contributed by atoms with Gasteiger partial charge in [-0.15, -0.1) is 11.3 Å². The van der Waals surface area contributed by atoms with Crippen LogP contribution in [0.15, 0.2) is 88.7 Å². The van der Waals surface area contributed by atoms with Crippen LogP contribution < -0.4 is 14.8 Å². The van der Waals surface area contributed by atoms with Crippen molar-refractivity contribution in [2.75, 3.05) is 5.32 Å². The van der Waals surface area contributed by atoms with E-state index in [1.807, 2.05) is 42.5 Å². The molecule has 2 heterocycles. The van der Waals surface area contributed by atoms with Crippen molar-refractivity contribution in [2.24, 2.45) is 0 Å². The molecule has 0 bridgehead atoms. The number of anilines is 1. The highest BCUT2D eigenvalue weighted by atomic mass is 32.1. The molecule has 1 amide bonds. The van der Waals surface area contributed by atoms with Crippen LogP contribution in [0.1, 0.15) is 16.3 Å². The SMILES string of the molecule is O=C(Nc1nc(-c2ccc(OC(F)F)cc2)cs1)c1ccc(COc2cccc3ccccc23)o1. The maximum atomic E-state index is 12.6. The topological polar surface area (TPSA) is 73.6 Å². The zero-order valence-electron chi connectivity index (χ0n) is 18.1. The number of hydrogen-bond acceptors (Lipinski definition) is 6. The maximum absolute atomic E-state index is 12.6. The summed E-state index contributed by atoms with van der Waals surface area (Å²) in [6.45, 7) is -2.71. The van der Waals surface area contributed by atoms with E-state index in [2.05, 4.69) is 15.0 Å². The summed E-state index contributed by atoms with van der Waals surface area (Å²) in [4.78, 5) is 17.0.